The molecule has 0 amide bonds. The first-order valence-corrected chi connectivity index (χ1v) is 6.76. The number of ether oxygens (including phenoxy) is 1. The van der Waals surface area contributed by atoms with Crippen molar-refractivity contribution in [2.45, 2.75) is 32.3 Å². The third-order valence-electron chi connectivity index (χ3n) is 3.42. The maximum Gasteiger partial charge on any atom is 0.0753 e. The van der Waals surface area contributed by atoms with E-state index < -0.39 is 0 Å². The Morgan fingerprint density at radius 2 is 2.00 bits per heavy atom. The van der Waals surface area contributed by atoms with Gasteiger partial charge in [0.25, 0.3) is 0 Å². The average Bonchev–Trinajstić information content (AvgIpc) is 2.30. The summed E-state index contributed by atoms with van der Waals surface area (Å²) in [5.41, 5.74) is 7.91. The monoisotopic (exact) mass is 248 g/mol. The zero-order valence-electron chi connectivity index (χ0n) is 11.5. The molecule has 1 aromatic rings. The van der Waals surface area contributed by atoms with Crippen molar-refractivity contribution in [3.05, 3.63) is 29.8 Å². The summed E-state index contributed by atoms with van der Waals surface area (Å²) in [6.07, 6.45) is 2.32. The molecule has 1 aliphatic rings. The van der Waals surface area contributed by atoms with Crippen molar-refractivity contribution < 1.29 is 4.74 Å². The van der Waals surface area contributed by atoms with Gasteiger partial charge in [-0.25, -0.2) is 0 Å². The molecule has 18 heavy (non-hydrogen) atoms. The van der Waals surface area contributed by atoms with Crippen LogP contribution in [0.3, 0.4) is 0 Å². The summed E-state index contributed by atoms with van der Waals surface area (Å²) in [6.45, 7) is 8.43. The van der Waals surface area contributed by atoms with Gasteiger partial charge in [-0.3, -0.25) is 4.90 Å². The van der Waals surface area contributed by atoms with E-state index in [1.807, 2.05) is 12.1 Å². The highest BCUT2D eigenvalue weighted by molar-refractivity contribution is 5.39. The largest absolute Gasteiger partial charge is 0.399 e. The Morgan fingerprint density at radius 1 is 1.28 bits per heavy atom. The molecule has 3 heteroatoms. The fourth-order valence-corrected chi connectivity index (χ4v) is 2.50. The van der Waals surface area contributed by atoms with E-state index in [1.54, 1.807) is 0 Å². The van der Waals surface area contributed by atoms with Gasteiger partial charge in [0.1, 0.15) is 0 Å². The van der Waals surface area contributed by atoms with Crippen LogP contribution in [-0.2, 0) is 11.2 Å². The molecule has 1 fully saturated rings. The fourth-order valence-electron chi connectivity index (χ4n) is 2.50. The minimum Gasteiger partial charge on any atom is -0.399 e. The van der Waals surface area contributed by atoms with Crippen molar-refractivity contribution in [2.75, 3.05) is 32.0 Å². The summed E-state index contributed by atoms with van der Waals surface area (Å²) in [5, 5.41) is 0. The molecule has 2 rings (SSSR count). The molecular formula is C15H24N2O. The molecule has 0 spiro atoms. The predicted octanol–water partition coefficient (Wildman–Crippen LogP) is 2.31. The summed E-state index contributed by atoms with van der Waals surface area (Å²) in [7, 11) is 0. The Balaban J connectivity index is 1.73. The number of aryl methyl sites for hydroxylation is 1. The van der Waals surface area contributed by atoms with Gasteiger partial charge in [-0.05, 0) is 50.9 Å². The quantitative estimate of drug-likeness (QED) is 0.831. The SMILES string of the molecule is CC1(C)CN(CCCc2ccc(N)cc2)CCO1. The lowest BCUT2D eigenvalue weighted by Gasteiger charge is -2.38. The summed E-state index contributed by atoms with van der Waals surface area (Å²) in [4.78, 5) is 2.50. The van der Waals surface area contributed by atoms with Gasteiger partial charge in [-0.15, -0.1) is 0 Å². The second-order valence-corrected chi connectivity index (χ2v) is 5.73. The van der Waals surface area contributed by atoms with E-state index in [2.05, 4.69) is 30.9 Å². The van der Waals surface area contributed by atoms with Gasteiger partial charge >= 0.3 is 0 Å². The van der Waals surface area contributed by atoms with Crippen molar-refractivity contribution in [1.29, 1.82) is 0 Å². The molecule has 1 aliphatic heterocycles. The molecule has 100 valence electrons. The summed E-state index contributed by atoms with van der Waals surface area (Å²) >= 11 is 0. The molecule has 2 N–H and O–H groups in total. The van der Waals surface area contributed by atoms with Crippen molar-refractivity contribution in [3.63, 3.8) is 0 Å². The Morgan fingerprint density at radius 3 is 2.67 bits per heavy atom. The van der Waals surface area contributed by atoms with E-state index in [9.17, 15) is 0 Å². The van der Waals surface area contributed by atoms with Gasteiger partial charge in [0.15, 0.2) is 0 Å². The molecule has 0 bridgehead atoms. The van der Waals surface area contributed by atoms with Crippen LogP contribution in [0.15, 0.2) is 24.3 Å². The molecule has 0 aromatic heterocycles. The molecule has 3 nitrogen and oxygen atoms in total. The Kier molecular flexibility index (Phi) is 4.25. The zero-order chi connectivity index (χ0) is 13.0. The van der Waals surface area contributed by atoms with E-state index >= 15 is 0 Å². The number of hydrogen-bond acceptors (Lipinski definition) is 3. The van der Waals surface area contributed by atoms with Gasteiger partial charge in [0, 0.05) is 18.8 Å². The van der Waals surface area contributed by atoms with Crippen LogP contribution >= 0.6 is 0 Å². The second-order valence-electron chi connectivity index (χ2n) is 5.73. The van der Waals surface area contributed by atoms with Gasteiger partial charge < -0.3 is 10.5 Å². The van der Waals surface area contributed by atoms with Crippen molar-refractivity contribution >= 4 is 5.69 Å². The Labute approximate surface area is 110 Å². The van der Waals surface area contributed by atoms with Crippen molar-refractivity contribution in [2.24, 2.45) is 0 Å². The Bertz CT molecular complexity index is 373. The van der Waals surface area contributed by atoms with E-state index in [0.29, 0.717) is 0 Å². The van der Waals surface area contributed by atoms with Crippen LogP contribution in [0.4, 0.5) is 5.69 Å². The number of benzene rings is 1. The summed E-state index contributed by atoms with van der Waals surface area (Å²) in [6, 6.07) is 8.21. The van der Waals surface area contributed by atoms with Crippen LogP contribution in [0.1, 0.15) is 25.8 Å². The lowest BCUT2D eigenvalue weighted by Crippen LogP contribution is -2.48. The second kappa shape index (κ2) is 5.72. The van der Waals surface area contributed by atoms with E-state index in [-0.39, 0.29) is 5.60 Å². The topological polar surface area (TPSA) is 38.5 Å². The molecule has 1 saturated heterocycles. The minimum absolute atomic E-state index is 0.0133. The van der Waals surface area contributed by atoms with Crippen LogP contribution in [0, 0.1) is 0 Å². The van der Waals surface area contributed by atoms with Gasteiger partial charge in [-0.1, -0.05) is 12.1 Å². The zero-order valence-corrected chi connectivity index (χ0v) is 11.5. The maximum atomic E-state index is 5.72. The van der Waals surface area contributed by atoms with Gasteiger partial charge in [0.2, 0.25) is 0 Å². The summed E-state index contributed by atoms with van der Waals surface area (Å²) < 4.78 is 5.72. The lowest BCUT2D eigenvalue weighted by molar-refractivity contribution is -0.0859. The van der Waals surface area contributed by atoms with Crippen LogP contribution < -0.4 is 5.73 Å². The van der Waals surface area contributed by atoms with Gasteiger partial charge in [0.05, 0.1) is 12.2 Å². The summed E-state index contributed by atoms with van der Waals surface area (Å²) in [5.74, 6) is 0. The normalized spacial score (nSPS) is 19.9. The van der Waals surface area contributed by atoms with E-state index in [0.717, 1.165) is 38.3 Å². The van der Waals surface area contributed by atoms with E-state index in [1.165, 1.54) is 12.0 Å². The highest BCUT2D eigenvalue weighted by atomic mass is 16.5. The first-order chi connectivity index (χ1) is 8.55. The van der Waals surface area contributed by atoms with E-state index in [4.69, 9.17) is 10.5 Å². The highest BCUT2D eigenvalue weighted by Crippen LogP contribution is 2.17. The highest BCUT2D eigenvalue weighted by Gasteiger charge is 2.26. The number of hydrogen-bond donors (Lipinski definition) is 1. The molecule has 0 unspecified atom stereocenters. The molecular weight excluding hydrogens is 224 g/mol. The van der Waals surface area contributed by atoms with Gasteiger partial charge in [-0.2, -0.15) is 0 Å². The van der Waals surface area contributed by atoms with Crippen LogP contribution in [-0.4, -0.2) is 36.7 Å². The molecule has 1 aromatic carbocycles. The standard InChI is InChI=1S/C15H24N2O/c1-15(2)12-17(10-11-18-15)9-3-4-13-5-7-14(16)8-6-13/h5-8H,3-4,9-12,16H2,1-2H3. The average molecular weight is 248 g/mol. The molecule has 0 saturated carbocycles. The lowest BCUT2D eigenvalue weighted by atomic mass is 10.1. The third-order valence-corrected chi connectivity index (χ3v) is 3.42. The number of rotatable bonds is 4. The number of nitrogen functional groups attached to an aromatic ring is 1. The Hall–Kier alpha value is -1.06. The fraction of sp³-hybridized carbons (Fsp3) is 0.600. The van der Waals surface area contributed by atoms with Crippen molar-refractivity contribution in [1.82, 2.24) is 4.90 Å². The smallest absolute Gasteiger partial charge is 0.0753 e. The molecule has 0 radical (unpaired) electrons. The first kappa shape index (κ1) is 13.4. The number of anilines is 1. The number of nitrogens with two attached hydrogens (primary N) is 1. The third kappa shape index (κ3) is 4.00. The van der Waals surface area contributed by atoms with Crippen LogP contribution in [0.2, 0.25) is 0 Å². The minimum atomic E-state index is 0.0133. The van der Waals surface area contributed by atoms with Crippen molar-refractivity contribution in [3.8, 4) is 0 Å². The predicted molar refractivity (Wildman–Crippen MR) is 75.6 cm³/mol. The molecule has 0 atom stereocenters. The van der Waals surface area contributed by atoms with Crippen LogP contribution in [0.25, 0.3) is 0 Å². The van der Waals surface area contributed by atoms with Crippen LogP contribution in [0.5, 0.6) is 0 Å². The molecule has 0 aliphatic carbocycles. The first-order valence-electron chi connectivity index (χ1n) is 6.76. The maximum absolute atomic E-state index is 5.72. The number of nitrogens with zero attached hydrogens (tertiary/aromatic N) is 1. The molecule has 1 heterocycles. The number of morpholine rings is 1.